The zero-order chi connectivity index (χ0) is 12.4. The van der Waals surface area contributed by atoms with E-state index in [1.807, 2.05) is 11.8 Å². The van der Waals surface area contributed by atoms with Crippen LogP contribution in [-0.4, -0.2) is 54.0 Å². The summed E-state index contributed by atoms with van der Waals surface area (Å²) < 4.78 is 0. The van der Waals surface area contributed by atoms with Gasteiger partial charge in [0.2, 0.25) is 5.91 Å². The molecule has 0 spiro atoms. The Balaban J connectivity index is 1.93. The molecule has 2 N–H and O–H groups in total. The van der Waals surface area contributed by atoms with Crippen LogP contribution < -0.4 is 5.73 Å². The summed E-state index contributed by atoms with van der Waals surface area (Å²) in [5, 5.41) is 0. The Kier molecular flexibility index (Phi) is 4.05. The molecule has 2 rings (SSSR count). The molecule has 17 heavy (non-hydrogen) atoms. The fourth-order valence-corrected chi connectivity index (χ4v) is 3.12. The largest absolute Gasteiger partial charge is 0.341 e. The predicted octanol–water partition coefficient (Wildman–Crippen LogP) is 0.666. The fraction of sp³-hybridized carbons (Fsp3) is 0.923. The van der Waals surface area contributed by atoms with Crippen molar-refractivity contribution in [3.63, 3.8) is 0 Å². The summed E-state index contributed by atoms with van der Waals surface area (Å²) in [5.74, 6) is 0.899. The van der Waals surface area contributed by atoms with Gasteiger partial charge in [0.05, 0.1) is 6.04 Å². The van der Waals surface area contributed by atoms with Gasteiger partial charge in [-0.3, -0.25) is 9.69 Å². The second-order valence-corrected chi connectivity index (χ2v) is 5.76. The van der Waals surface area contributed by atoms with Gasteiger partial charge in [0.15, 0.2) is 0 Å². The van der Waals surface area contributed by atoms with Crippen molar-refractivity contribution in [2.75, 3.05) is 26.2 Å². The first-order chi connectivity index (χ1) is 8.08. The van der Waals surface area contributed by atoms with Gasteiger partial charge in [-0.15, -0.1) is 0 Å². The molecular weight excluding hydrogens is 214 g/mol. The molecule has 3 atom stereocenters. The topological polar surface area (TPSA) is 49.6 Å². The van der Waals surface area contributed by atoms with Gasteiger partial charge >= 0.3 is 0 Å². The van der Waals surface area contributed by atoms with Crippen molar-refractivity contribution in [3.8, 4) is 0 Å². The maximum absolute atomic E-state index is 12.3. The van der Waals surface area contributed by atoms with Crippen LogP contribution in [0.25, 0.3) is 0 Å². The highest BCUT2D eigenvalue weighted by Crippen LogP contribution is 2.19. The fourth-order valence-electron chi connectivity index (χ4n) is 3.12. The van der Waals surface area contributed by atoms with Crippen molar-refractivity contribution in [1.29, 1.82) is 0 Å². The molecule has 2 heterocycles. The zero-order valence-electron chi connectivity index (χ0n) is 11.1. The Morgan fingerprint density at radius 2 is 1.94 bits per heavy atom. The Morgan fingerprint density at radius 1 is 1.29 bits per heavy atom. The summed E-state index contributed by atoms with van der Waals surface area (Å²) >= 11 is 0. The van der Waals surface area contributed by atoms with Gasteiger partial charge in [-0.2, -0.15) is 0 Å². The van der Waals surface area contributed by atoms with Gasteiger partial charge in [0.1, 0.15) is 0 Å². The van der Waals surface area contributed by atoms with E-state index < -0.39 is 0 Å². The Labute approximate surface area is 104 Å². The molecule has 3 unspecified atom stereocenters. The summed E-state index contributed by atoms with van der Waals surface area (Å²) in [7, 11) is 0. The van der Waals surface area contributed by atoms with Crippen LogP contribution in [0.1, 0.15) is 33.1 Å². The van der Waals surface area contributed by atoms with Crippen molar-refractivity contribution < 1.29 is 4.79 Å². The summed E-state index contributed by atoms with van der Waals surface area (Å²) in [6.45, 7) is 8.02. The molecule has 4 heteroatoms. The molecule has 2 saturated heterocycles. The Morgan fingerprint density at radius 3 is 2.53 bits per heavy atom. The molecule has 0 aromatic rings. The average molecular weight is 239 g/mol. The number of hydrogen-bond donors (Lipinski definition) is 1. The number of hydrogen-bond acceptors (Lipinski definition) is 3. The van der Waals surface area contributed by atoms with Crippen molar-refractivity contribution in [2.45, 2.75) is 45.2 Å². The molecular formula is C13H25N3O. The molecule has 0 aliphatic carbocycles. The van der Waals surface area contributed by atoms with Crippen molar-refractivity contribution in [3.05, 3.63) is 0 Å². The second kappa shape index (κ2) is 5.36. The highest BCUT2D eigenvalue weighted by molar-refractivity contribution is 5.81. The zero-order valence-corrected chi connectivity index (χ0v) is 11.1. The average Bonchev–Trinajstić information content (AvgIpc) is 2.79. The van der Waals surface area contributed by atoms with Crippen molar-refractivity contribution in [2.24, 2.45) is 11.7 Å². The van der Waals surface area contributed by atoms with Crippen LogP contribution in [-0.2, 0) is 4.79 Å². The molecule has 0 radical (unpaired) electrons. The van der Waals surface area contributed by atoms with E-state index in [0.29, 0.717) is 11.8 Å². The highest BCUT2D eigenvalue weighted by Gasteiger charge is 2.31. The lowest BCUT2D eigenvalue weighted by molar-refractivity contribution is -0.136. The molecule has 0 aromatic carbocycles. The first-order valence-electron chi connectivity index (χ1n) is 6.86. The van der Waals surface area contributed by atoms with E-state index in [1.165, 1.54) is 0 Å². The van der Waals surface area contributed by atoms with Crippen LogP contribution in [0.3, 0.4) is 0 Å². The number of carbonyl (C=O) groups is 1. The SMILES string of the molecule is CC1CC(N)CN(C(C)C(=O)N2CCCC2)C1. The van der Waals surface area contributed by atoms with Gasteiger partial charge in [-0.05, 0) is 32.1 Å². The van der Waals surface area contributed by atoms with Gasteiger partial charge in [0, 0.05) is 32.2 Å². The lowest BCUT2D eigenvalue weighted by Crippen LogP contribution is -2.54. The first-order valence-corrected chi connectivity index (χ1v) is 6.86. The van der Waals surface area contributed by atoms with E-state index >= 15 is 0 Å². The number of rotatable bonds is 2. The van der Waals surface area contributed by atoms with Gasteiger partial charge in [-0.1, -0.05) is 6.92 Å². The Bertz CT molecular complexity index is 266. The van der Waals surface area contributed by atoms with E-state index in [0.717, 1.165) is 45.4 Å². The van der Waals surface area contributed by atoms with Gasteiger partial charge < -0.3 is 10.6 Å². The summed E-state index contributed by atoms with van der Waals surface area (Å²) in [6, 6.07) is 0.231. The van der Waals surface area contributed by atoms with E-state index in [1.54, 1.807) is 0 Å². The summed E-state index contributed by atoms with van der Waals surface area (Å²) in [5.41, 5.74) is 6.04. The summed E-state index contributed by atoms with van der Waals surface area (Å²) in [6.07, 6.45) is 3.41. The third-order valence-corrected chi connectivity index (χ3v) is 4.04. The van der Waals surface area contributed by atoms with Crippen LogP contribution in [0.2, 0.25) is 0 Å². The number of amides is 1. The second-order valence-electron chi connectivity index (χ2n) is 5.76. The monoisotopic (exact) mass is 239 g/mol. The molecule has 2 aliphatic heterocycles. The minimum Gasteiger partial charge on any atom is -0.341 e. The lowest BCUT2D eigenvalue weighted by atomic mass is 9.95. The third kappa shape index (κ3) is 2.99. The first kappa shape index (κ1) is 12.8. The minimum absolute atomic E-state index is 0.00176. The van der Waals surface area contributed by atoms with Crippen LogP contribution in [0.5, 0.6) is 0 Å². The minimum atomic E-state index is 0.00176. The van der Waals surface area contributed by atoms with Gasteiger partial charge in [-0.25, -0.2) is 0 Å². The van der Waals surface area contributed by atoms with E-state index in [4.69, 9.17) is 5.73 Å². The third-order valence-electron chi connectivity index (χ3n) is 4.04. The highest BCUT2D eigenvalue weighted by atomic mass is 16.2. The quantitative estimate of drug-likeness (QED) is 0.770. The maximum Gasteiger partial charge on any atom is 0.239 e. The molecule has 2 aliphatic rings. The predicted molar refractivity (Wildman–Crippen MR) is 68.6 cm³/mol. The molecule has 0 saturated carbocycles. The van der Waals surface area contributed by atoms with Gasteiger partial charge in [0.25, 0.3) is 0 Å². The number of nitrogens with two attached hydrogens (primary N) is 1. The molecule has 1 amide bonds. The smallest absolute Gasteiger partial charge is 0.239 e. The molecule has 4 nitrogen and oxygen atoms in total. The molecule has 0 aromatic heterocycles. The number of likely N-dealkylation sites (tertiary alicyclic amines) is 2. The van der Waals surface area contributed by atoms with Crippen LogP contribution in [0.4, 0.5) is 0 Å². The number of carbonyl (C=O) groups excluding carboxylic acids is 1. The van der Waals surface area contributed by atoms with Crippen molar-refractivity contribution in [1.82, 2.24) is 9.80 Å². The van der Waals surface area contributed by atoms with E-state index in [9.17, 15) is 4.79 Å². The van der Waals surface area contributed by atoms with E-state index in [-0.39, 0.29) is 12.1 Å². The lowest BCUT2D eigenvalue weighted by Gasteiger charge is -2.39. The molecule has 2 fully saturated rings. The normalized spacial score (nSPS) is 32.8. The van der Waals surface area contributed by atoms with Crippen LogP contribution in [0.15, 0.2) is 0 Å². The molecule has 0 bridgehead atoms. The van der Waals surface area contributed by atoms with Crippen LogP contribution >= 0.6 is 0 Å². The Hall–Kier alpha value is -0.610. The summed E-state index contributed by atoms with van der Waals surface area (Å²) in [4.78, 5) is 16.6. The number of nitrogens with zero attached hydrogens (tertiary/aromatic N) is 2. The molecule has 98 valence electrons. The van der Waals surface area contributed by atoms with E-state index in [2.05, 4.69) is 11.8 Å². The standard InChI is InChI=1S/C13H25N3O/c1-10-7-12(14)9-16(8-10)11(2)13(17)15-5-3-4-6-15/h10-12H,3-9,14H2,1-2H3. The number of piperidine rings is 1. The van der Waals surface area contributed by atoms with Crippen LogP contribution in [0, 0.1) is 5.92 Å². The maximum atomic E-state index is 12.3. The van der Waals surface area contributed by atoms with Crippen molar-refractivity contribution >= 4 is 5.91 Å².